The maximum Gasteiger partial charge on any atom is 0.250 e. The number of benzene rings is 1. The van der Waals surface area contributed by atoms with Gasteiger partial charge >= 0.3 is 0 Å². The van der Waals surface area contributed by atoms with E-state index < -0.39 is 10.0 Å². The van der Waals surface area contributed by atoms with Crippen LogP contribution in [0.3, 0.4) is 0 Å². The van der Waals surface area contributed by atoms with Gasteiger partial charge in [0, 0.05) is 25.2 Å². The fraction of sp³-hybridized carbons (Fsp3) is 0.571. The molecule has 1 aromatic carbocycles. The number of halogens is 1. The molecule has 0 bridgehead atoms. The summed E-state index contributed by atoms with van der Waals surface area (Å²) in [6.07, 6.45) is 0. The minimum atomic E-state index is -3.69. The molecule has 2 atom stereocenters. The number of ether oxygens (including phenoxy) is 2. The van der Waals surface area contributed by atoms with Crippen molar-refractivity contribution < 1.29 is 17.9 Å². The molecule has 1 aliphatic rings. The Labute approximate surface area is 138 Å². The number of nitrogens with one attached hydrogen (secondary N) is 1. The van der Waals surface area contributed by atoms with Gasteiger partial charge in [0.2, 0.25) is 0 Å². The number of methoxy groups -OCH3 is 2. The van der Waals surface area contributed by atoms with Gasteiger partial charge in [-0.25, -0.2) is 8.42 Å². The SMILES string of the molecule is COc1cccc(OC)c1S(=O)(=O)N1CCNC(C)C1C.Cl. The summed E-state index contributed by atoms with van der Waals surface area (Å²) in [6.45, 7) is 4.93. The zero-order valence-electron chi connectivity index (χ0n) is 13.2. The molecule has 0 spiro atoms. The second kappa shape index (κ2) is 7.50. The smallest absolute Gasteiger partial charge is 0.250 e. The molecule has 0 radical (unpaired) electrons. The molecular formula is C14H23ClN2O4S. The first-order valence-electron chi connectivity index (χ1n) is 6.89. The second-order valence-electron chi connectivity index (χ2n) is 5.09. The molecular weight excluding hydrogens is 328 g/mol. The van der Waals surface area contributed by atoms with Crippen molar-refractivity contribution in [2.45, 2.75) is 30.8 Å². The Morgan fingerprint density at radius 2 is 1.73 bits per heavy atom. The van der Waals surface area contributed by atoms with Gasteiger partial charge in [-0.05, 0) is 26.0 Å². The molecule has 1 heterocycles. The highest BCUT2D eigenvalue weighted by Crippen LogP contribution is 2.36. The fourth-order valence-electron chi connectivity index (χ4n) is 2.55. The summed E-state index contributed by atoms with van der Waals surface area (Å²) in [5.41, 5.74) is 0. The van der Waals surface area contributed by atoms with Crippen LogP contribution in [0.25, 0.3) is 0 Å². The van der Waals surface area contributed by atoms with Crippen LogP contribution in [0.4, 0.5) is 0 Å². The second-order valence-corrected chi connectivity index (χ2v) is 6.92. The third kappa shape index (κ3) is 3.32. The van der Waals surface area contributed by atoms with E-state index in [9.17, 15) is 8.42 Å². The monoisotopic (exact) mass is 350 g/mol. The molecule has 1 fully saturated rings. The van der Waals surface area contributed by atoms with Crippen LogP contribution < -0.4 is 14.8 Å². The molecule has 1 N–H and O–H groups in total. The molecule has 0 aromatic heterocycles. The van der Waals surface area contributed by atoms with E-state index in [2.05, 4.69) is 5.32 Å². The van der Waals surface area contributed by atoms with Gasteiger partial charge in [0.15, 0.2) is 4.90 Å². The summed E-state index contributed by atoms with van der Waals surface area (Å²) in [4.78, 5) is 0.0935. The Kier molecular flexibility index (Phi) is 6.49. The van der Waals surface area contributed by atoms with E-state index >= 15 is 0 Å². The molecule has 0 saturated carbocycles. The van der Waals surface area contributed by atoms with Crippen LogP contribution >= 0.6 is 12.4 Å². The summed E-state index contributed by atoms with van der Waals surface area (Å²) in [6, 6.07) is 4.92. The third-order valence-electron chi connectivity index (χ3n) is 3.93. The lowest BCUT2D eigenvalue weighted by molar-refractivity contribution is 0.231. The average molecular weight is 351 g/mol. The lowest BCUT2D eigenvalue weighted by Crippen LogP contribution is -2.57. The Bertz CT molecular complexity index is 587. The molecule has 0 amide bonds. The Balaban J connectivity index is 0.00000242. The summed E-state index contributed by atoms with van der Waals surface area (Å²) in [5.74, 6) is 0.598. The van der Waals surface area contributed by atoms with Gasteiger partial charge in [-0.15, -0.1) is 12.4 Å². The van der Waals surface area contributed by atoms with E-state index in [0.717, 1.165) is 0 Å². The maximum absolute atomic E-state index is 13.0. The van der Waals surface area contributed by atoms with Crippen molar-refractivity contribution in [2.75, 3.05) is 27.3 Å². The first-order valence-corrected chi connectivity index (χ1v) is 8.33. The van der Waals surface area contributed by atoms with Crippen LogP contribution in [0, 0.1) is 0 Å². The maximum atomic E-state index is 13.0. The zero-order valence-corrected chi connectivity index (χ0v) is 14.8. The molecule has 2 unspecified atom stereocenters. The molecule has 1 aromatic rings. The number of hydrogen-bond acceptors (Lipinski definition) is 5. The predicted octanol–water partition coefficient (Wildman–Crippen LogP) is 1.50. The predicted molar refractivity (Wildman–Crippen MR) is 87.6 cm³/mol. The number of piperazine rings is 1. The number of nitrogens with zero attached hydrogens (tertiary/aromatic N) is 1. The van der Waals surface area contributed by atoms with Gasteiger partial charge < -0.3 is 14.8 Å². The van der Waals surface area contributed by atoms with E-state index in [1.165, 1.54) is 18.5 Å². The summed E-state index contributed by atoms with van der Waals surface area (Å²) in [7, 11) is -0.774. The minimum absolute atomic E-state index is 0. The standard InChI is InChI=1S/C14H22N2O4S.ClH/c1-10-11(2)16(9-8-15-10)21(17,18)14-12(19-3)6-5-7-13(14)20-4;/h5-7,10-11,15H,8-9H2,1-4H3;1H. The van der Waals surface area contributed by atoms with Gasteiger partial charge in [-0.1, -0.05) is 6.07 Å². The number of hydrogen-bond donors (Lipinski definition) is 1. The fourth-order valence-corrected chi connectivity index (χ4v) is 4.55. The summed E-state index contributed by atoms with van der Waals surface area (Å²) >= 11 is 0. The molecule has 1 aliphatic heterocycles. The first kappa shape index (κ1) is 19.0. The molecule has 22 heavy (non-hydrogen) atoms. The van der Waals surface area contributed by atoms with Crippen molar-refractivity contribution in [1.82, 2.24) is 9.62 Å². The number of sulfonamides is 1. The molecule has 0 aliphatic carbocycles. The molecule has 1 saturated heterocycles. The van der Waals surface area contributed by atoms with E-state index in [1.54, 1.807) is 18.2 Å². The van der Waals surface area contributed by atoms with Gasteiger partial charge in [-0.3, -0.25) is 0 Å². The van der Waals surface area contributed by atoms with E-state index in [-0.39, 0.29) is 29.4 Å². The van der Waals surface area contributed by atoms with Crippen LogP contribution in [0.15, 0.2) is 23.1 Å². The summed E-state index contributed by atoms with van der Waals surface area (Å²) in [5, 5.41) is 3.27. The van der Waals surface area contributed by atoms with Gasteiger partial charge in [0.05, 0.1) is 14.2 Å². The number of rotatable bonds is 4. The molecule has 2 rings (SSSR count). The lowest BCUT2D eigenvalue weighted by atomic mass is 10.1. The van der Waals surface area contributed by atoms with E-state index in [1.807, 2.05) is 13.8 Å². The lowest BCUT2D eigenvalue weighted by Gasteiger charge is -2.37. The van der Waals surface area contributed by atoms with Crippen LogP contribution in [0.5, 0.6) is 11.5 Å². The van der Waals surface area contributed by atoms with Crippen LogP contribution in [-0.4, -0.2) is 52.1 Å². The third-order valence-corrected chi connectivity index (χ3v) is 5.98. The van der Waals surface area contributed by atoms with E-state index in [4.69, 9.17) is 9.47 Å². The van der Waals surface area contributed by atoms with E-state index in [0.29, 0.717) is 24.6 Å². The Hall–Kier alpha value is -1.02. The first-order chi connectivity index (χ1) is 9.93. The van der Waals surface area contributed by atoms with Crippen molar-refractivity contribution in [3.05, 3.63) is 18.2 Å². The highest BCUT2D eigenvalue weighted by atomic mass is 35.5. The highest BCUT2D eigenvalue weighted by Gasteiger charge is 2.37. The van der Waals surface area contributed by atoms with Crippen molar-refractivity contribution in [1.29, 1.82) is 0 Å². The van der Waals surface area contributed by atoms with Crippen molar-refractivity contribution >= 4 is 22.4 Å². The van der Waals surface area contributed by atoms with Gasteiger partial charge in [-0.2, -0.15) is 4.31 Å². The van der Waals surface area contributed by atoms with Gasteiger partial charge in [0.25, 0.3) is 10.0 Å². The zero-order chi connectivity index (χ0) is 15.6. The van der Waals surface area contributed by atoms with Crippen molar-refractivity contribution in [3.8, 4) is 11.5 Å². The van der Waals surface area contributed by atoms with Crippen LogP contribution in [-0.2, 0) is 10.0 Å². The quantitative estimate of drug-likeness (QED) is 0.891. The Morgan fingerprint density at radius 3 is 2.23 bits per heavy atom. The largest absolute Gasteiger partial charge is 0.495 e. The Morgan fingerprint density at radius 1 is 1.18 bits per heavy atom. The van der Waals surface area contributed by atoms with Crippen LogP contribution in [0.2, 0.25) is 0 Å². The highest BCUT2D eigenvalue weighted by molar-refractivity contribution is 7.89. The minimum Gasteiger partial charge on any atom is -0.495 e. The average Bonchev–Trinajstić information content (AvgIpc) is 2.48. The van der Waals surface area contributed by atoms with Gasteiger partial charge in [0.1, 0.15) is 11.5 Å². The molecule has 6 nitrogen and oxygen atoms in total. The van der Waals surface area contributed by atoms with Crippen molar-refractivity contribution in [3.63, 3.8) is 0 Å². The topological polar surface area (TPSA) is 67.9 Å². The summed E-state index contributed by atoms with van der Waals surface area (Å²) < 4.78 is 38.0. The van der Waals surface area contributed by atoms with Crippen LogP contribution in [0.1, 0.15) is 13.8 Å². The normalized spacial score (nSPS) is 22.7. The molecule has 8 heteroatoms. The van der Waals surface area contributed by atoms with Crippen molar-refractivity contribution in [2.24, 2.45) is 0 Å². The molecule has 126 valence electrons.